The van der Waals surface area contributed by atoms with Crippen molar-refractivity contribution in [2.45, 2.75) is 86.5 Å². The molecule has 2 heterocycles. The number of rotatable bonds is 8. The lowest BCUT2D eigenvalue weighted by molar-refractivity contribution is -0.320. The van der Waals surface area contributed by atoms with E-state index in [1.54, 1.807) is 11.8 Å². The topological polar surface area (TPSA) is 46.2 Å². The number of fused-ring (bicyclic) bond motifs is 1. The molecule has 5 nitrogen and oxygen atoms in total. The second-order valence-corrected chi connectivity index (χ2v) is 17.7. The number of thioether (sulfide) groups is 1. The Labute approximate surface area is 238 Å². The SMILES string of the molecule is CC(C)(C)[Si](C)(C)O[C@@H]1[C@H](OCc2ccccc2)[C@@H](Sc2ccccc2)O[C@@H]2CO[C@@H](c3ccccc3)O[C@@H]12. The Balaban J connectivity index is 1.49. The zero-order valence-corrected chi connectivity index (χ0v) is 25.3. The molecule has 0 aromatic heterocycles. The van der Waals surface area contributed by atoms with Gasteiger partial charge in [0.05, 0.1) is 13.2 Å². The van der Waals surface area contributed by atoms with E-state index in [0.717, 1.165) is 16.0 Å². The van der Waals surface area contributed by atoms with E-state index in [0.29, 0.717) is 13.2 Å². The van der Waals surface area contributed by atoms with Crippen molar-refractivity contribution in [2.24, 2.45) is 0 Å². The molecule has 3 aromatic rings. The standard InChI is InChI=1S/C32H40O5SSi/c1-32(2,3)39(4,5)37-28-27-26(22-34-30(36-27)24-17-11-7-12-18-24)35-31(38-25-19-13-8-14-20-25)29(28)33-21-23-15-9-6-10-16-23/h6-20,26-31H,21-22H2,1-5H3/t26-,27-,28+,29+,30-,31-/m1/s1. The fourth-order valence-corrected chi connectivity index (χ4v) is 7.10. The van der Waals surface area contributed by atoms with Crippen LogP contribution in [0.3, 0.4) is 0 Å². The van der Waals surface area contributed by atoms with Gasteiger partial charge in [-0.25, -0.2) is 0 Å². The van der Waals surface area contributed by atoms with Gasteiger partial charge in [0, 0.05) is 10.5 Å². The van der Waals surface area contributed by atoms with Crippen LogP contribution in [0.1, 0.15) is 38.2 Å². The Morgan fingerprint density at radius 3 is 2.08 bits per heavy atom. The smallest absolute Gasteiger partial charge is 0.192 e. The molecule has 6 atom stereocenters. The van der Waals surface area contributed by atoms with E-state index in [2.05, 4.69) is 70.3 Å². The third-order valence-corrected chi connectivity index (χ3v) is 13.5. The summed E-state index contributed by atoms with van der Waals surface area (Å²) in [5, 5.41) is 0.0247. The molecular weight excluding hydrogens is 525 g/mol. The fraction of sp³-hybridized carbons (Fsp3) is 0.438. The monoisotopic (exact) mass is 564 g/mol. The number of hydrogen-bond donors (Lipinski definition) is 0. The van der Waals surface area contributed by atoms with E-state index in [1.807, 2.05) is 54.6 Å². The van der Waals surface area contributed by atoms with Gasteiger partial charge in [0.15, 0.2) is 14.6 Å². The molecule has 2 aliphatic heterocycles. The summed E-state index contributed by atoms with van der Waals surface area (Å²) in [7, 11) is -2.21. The fourth-order valence-electron chi connectivity index (χ4n) is 4.65. The van der Waals surface area contributed by atoms with Crippen LogP contribution < -0.4 is 0 Å². The minimum Gasteiger partial charge on any atom is -0.408 e. The summed E-state index contributed by atoms with van der Waals surface area (Å²) in [6.45, 7) is 12.3. The van der Waals surface area contributed by atoms with Crippen molar-refractivity contribution in [1.29, 1.82) is 0 Å². The van der Waals surface area contributed by atoms with E-state index in [1.165, 1.54) is 0 Å². The lowest BCUT2D eigenvalue weighted by Gasteiger charge is -2.52. The highest BCUT2D eigenvalue weighted by Gasteiger charge is 2.54. The van der Waals surface area contributed by atoms with Gasteiger partial charge >= 0.3 is 0 Å². The van der Waals surface area contributed by atoms with Crippen molar-refractivity contribution in [2.75, 3.05) is 6.61 Å². The Kier molecular flexibility index (Phi) is 8.98. The van der Waals surface area contributed by atoms with Crippen LogP contribution in [0.25, 0.3) is 0 Å². The average molecular weight is 565 g/mol. The van der Waals surface area contributed by atoms with Crippen LogP contribution in [0.4, 0.5) is 0 Å². The Morgan fingerprint density at radius 2 is 1.44 bits per heavy atom. The summed E-state index contributed by atoms with van der Waals surface area (Å²) >= 11 is 1.68. The molecular formula is C32H40O5SSi. The molecule has 3 aromatic carbocycles. The first-order chi connectivity index (χ1) is 18.7. The maximum atomic E-state index is 7.21. The Morgan fingerprint density at radius 1 is 0.821 bits per heavy atom. The lowest BCUT2D eigenvalue weighted by atomic mass is 9.98. The average Bonchev–Trinajstić information content (AvgIpc) is 2.93. The van der Waals surface area contributed by atoms with Crippen molar-refractivity contribution >= 4 is 20.1 Å². The van der Waals surface area contributed by atoms with E-state index in [-0.39, 0.29) is 34.9 Å². The maximum Gasteiger partial charge on any atom is 0.192 e. The first kappa shape index (κ1) is 28.6. The summed E-state index contributed by atoms with van der Waals surface area (Å²) in [5.74, 6) is 0. The molecule has 0 N–H and O–H groups in total. The molecule has 0 spiro atoms. The molecule has 0 radical (unpaired) electrons. The van der Waals surface area contributed by atoms with Crippen LogP contribution in [0.15, 0.2) is 95.9 Å². The molecule has 0 amide bonds. The van der Waals surface area contributed by atoms with Gasteiger partial charge in [0.2, 0.25) is 0 Å². The first-order valence-corrected chi connectivity index (χ1v) is 17.5. The Bertz CT molecular complexity index is 1170. The third kappa shape index (κ3) is 6.85. The van der Waals surface area contributed by atoms with Crippen molar-refractivity contribution < 1.29 is 23.4 Å². The van der Waals surface area contributed by atoms with Gasteiger partial charge in [-0.2, -0.15) is 0 Å². The highest BCUT2D eigenvalue weighted by atomic mass is 32.2. The molecule has 0 aliphatic carbocycles. The number of hydrogen-bond acceptors (Lipinski definition) is 6. The van der Waals surface area contributed by atoms with Crippen LogP contribution in [0, 0.1) is 0 Å². The summed E-state index contributed by atoms with van der Waals surface area (Å²) in [6.07, 6.45) is -1.73. The predicted octanol–water partition coefficient (Wildman–Crippen LogP) is 7.59. The minimum absolute atomic E-state index is 0.0247. The molecule has 2 aliphatic rings. The third-order valence-electron chi connectivity index (χ3n) is 7.87. The summed E-state index contributed by atoms with van der Waals surface area (Å²) in [6, 6.07) is 30.7. The van der Waals surface area contributed by atoms with Crippen molar-refractivity contribution in [3.05, 3.63) is 102 Å². The first-order valence-electron chi connectivity index (χ1n) is 13.7. The summed E-state index contributed by atoms with van der Waals surface area (Å²) in [4.78, 5) is 1.13. The summed E-state index contributed by atoms with van der Waals surface area (Å²) < 4.78 is 33.6. The van der Waals surface area contributed by atoms with Crippen LogP contribution in [-0.4, -0.2) is 44.8 Å². The van der Waals surface area contributed by atoms with E-state index in [4.69, 9.17) is 23.4 Å². The van der Waals surface area contributed by atoms with Crippen LogP contribution in [0.2, 0.25) is 18.1 Å². The summed E-state index contributed by atoms with van der Waals surface area (Å²) in [5.41, 5.74) is 1.82. The van der Waals surface area contributed by atoms with Gasteiger partial charge in [-0.3, -0.25) is 0 Å². The lowest BCUT2D eigenvalue weighted by Crippen LogP contribution is -2.65. The van der Waals surface area contributed by atoms with Gasteiger partial charge in [-0.1, -0.05) is 111 Å². The quantitative estimate of drug-likeness (QED) is 0.263. The maximum absolute atomic E-state index is 7.21. The van der Waals surface area contributed by atoms with Crippen LogP contribution in [0.5, 0.6) is 0 Å². The molecule has 2 fully saturated rings. The zero-order chi connectivity index (χ0) is 27.5. The van der Waals surface area contributed by atoms with E-state index in [9.17, 15) is 0 Å². The molecule has 2 saturated heterocycles. The zero-order valence-electron chi connectivity index (χ0n) is 23.5. The molecule has 7 heteroatoms. The van der Waals surface area contributed by atoms with Gasteiger partial charge in [-0.05, 0) is 35.8 Å². The van der Waals surface area contributed by atoms with Gasteiger partial charge < -0.3 is 23.4 Å². The van der Waals surface area contributed by atoms with Crippen LogP contribution >= 0.6 is 11.8 Å². The predicted molar refractivity (Wildman–Crippen MR) is 158 cm³/mol. The molecule has 0 unspecified atom stereocenters. The van der Waals surface area contributed by atoms with Gasteiger partial charge in [-0.15, -0.1) is 0 Å². The highest BCUT2D eigenvalue weighted by molar-refractivity contribution is 7.99. The second-order valence-electron chi connectivity index (χ2n) is 11.8. The Hall–Kier alpha value is -1.97. The molecule has 0 saturated carbocycles. The normalized spacial score (nSPS) is 27.6. The number of benzene rings is 3. The molecule has 208 valence electrons. The molecule has 39 heavy (non-hydrogen) atoms. The van der Waals surface area contributed by atoms with Gasteiger partial charge in [0.1, 0.15) is 29.9 Å². The molecule has 0 bridgehead atoms. The van der Waals surface area contributed by atoms with Crippen molar-refractivity contribution in [3.8, 4) is 0 Å². The van der Waals surface area contributed by atoms with Crippen molar-refractivity contribution in [1.82, 2.24) is 0 Å². The number of ether oxygens (including phenoxy) is 4. The van der Waals surface area contributed by atoms with Crippen molar-refractivity contribution in [3.63, 3.8) is 0 Å². The second kappa shape index (κ2) is 12.3. The van der Waals surface area contributed by atoms with Gasteiger partial charge in [0.25, 0.3) is 0 Å². The van der Waals surface area contributed by atoms with E-state index >= 15 is 0 Å². The largest absolute Gasteiger partial charge is 0.408 e. The highest BCUT2D eigenvalue weighted by Crippen LogP contribution is 2.45. The van der Waals surface area contributed by atoms with E-state index < -0.39 is 14.6 Å². The minimum atomic E-state index is -2.21. The molecule has 5 rings (SSSR count). The van der Waals surface area contributed by atoms with Crippen LogP contribution in [-0.2, 0) is 30.0 Å².